The Morgan fingerprint density at radius 2 is 2.22 bits per heavy atom. The van der Waals surface area contributed by atoms with Gasteiger partial charge in [-0.25, -0.2) is 4.98 Å². The van der Waals surface area contributed by atoms with Crippen molar-refractivity contribution in [3.63, 3.8) is 0 Å². The van der Waals surface area contributed by atoms with Gasteiger partial charge in [-0.1, -0.05) is 0 Å². The molecule has 2 saturated heterocycles. The molecule has 126 valence electrons. The third kappa shape index (κ3) is 3.26. The summed E-state index contributed by atoms with van der Waals surface area (Å²) in [4.78, 5) is 34.9. The number of amides is 2. The van der Waals surface area contributed by atoms with Gasteiger partial charge in [-0.3, -0.25) is 9.59 Å². The molecule has 6 nitrogen and oxygen atoms in total. The molecule has 3 rings (SSSR count). The highest BCUT2D eigenvalue weighted by atomic mass is 32.1. The van der Waals surface area contributed by atoms with Gasteiger partial charge in [0.2, 0.25) is 5.91 Å². The van der Waals surface area contributed by atoms with Gasteiger partial charge in [0, 0.05) is 44.0 Å². The second kappa shape index (κ2) is 6.57. The fourth-order valence-electron chi connectivity index (χ4n) is 4.09. The molecule has 2 aliphatic heterocycles. The number of fused-ring (bicyclic) bond motifs is 1. The van der Waals surface area contributed by atoms with Crippen molar-refractivity contribution in [2.24, 2.45) is 5.92 Å². The number of thiazole rings is 1. The van der Waals surface area contributed by atoms with Crippen molar-refractivity contribution in [1.29, 1.82) is 0 Å². The molecule has 2 fully saturated rings. The Labute approximate surface area is 141 Å². The lowest BCUT2D eigenvalue weighted by molar-refractivity contribution is -0.132. The van der Waals surface area contributed by atoms with Gasteiger partial charge in [-0.05, 0) is 32.9 Å². The van der Waals surface area contributed by atoms with Crippen LogP contribution in [0.4, 0.5) is 0 Å². The van der Waals surface area contributed by atoms with Crippen LogP contribution in [0.25, 0.3) is 0 Å². The van der Waals surface area contributed by atoms with Gasteiger partial charge in [0.05, 0.1) is 5.51 Å². The number of rotatable bonds is 3. The monoisotopic (exact) mass is 336 g/mol. The number of hydrogen-bond donors (Lipinski definition) is 0. The van der Waals surface area contributed by atoms with E-state index in [1.807, 2.05) is 19.0 Å². The van der Waals surface area contributed by atoms with Gasteiger partial charge in [-0.2, -0.15) is 0 Å². The SMILES string of the molecule is CC(=O)N1[C@H](CN(C)C)C[C@@H]2CN(C(=O)c3cscn3)CC[C@@H]21. The molecule has 0 bridgehead atoms. The number of nitrogens with zero attached hydrogens (tertiary/aromatic N) is 4. The lowest BCUT2D eigenvalue weighted by Crippen LogP contribution is -2.50. The number of carbonyl (C=O) groups is 2. The predicted molar refractivity (Wildman–Crippen MR) is 89.4 cm³/mol. The average Bonchev–Trinajstić information content (AvgIpc) is 3.12. The summed E-state index contributed by atoms with van der Waals surface area (Å²) in [6.07, 6.45) is 1.84. The van der Waals surface area contributed by atoms with Crippen LogP contribution >= 0.6 is 11.3 Å². The molecule has 0 radical (unpaired) electrons. The van der Waals surface area contributed by atoms with Crippen LogP contribution in [-0.4, -0.2) is 77.3 Å². The van der Waals surface area contributed by atoms with Crippen LogP contribution in [0.15, 0.2) is 10.9 Å². The quantitative estimate of drug-likeness (QED) is 0.831. The summed E-state index contributed by atoms with van der Waals surface area (Å²) >= 11 is 1.45. The zero-order valence-electron chi connectivity index (χ0n) is 13.9. The molecule has 3 atom stereocenters. The van der Waals surface area contributed by atoms with Gasteiger partial charge in [0.15, 0.2) is 0 Å². The maximum absolute atomic E-state index is 12.5. The van der Waals surface area contributed by atoms with E-state index in [4.69, 9.17) is 0 Å². The Bertz CT molecular complexity index is 575. The highest BCUT2D eigenvalue weighted by Gasteiger charge is 2.45. The maximum atomic E-state index is 12.5. The molecule has 1 aromatic rings. The Balaban J connectivity index is 1.71. The van der Waals surface area contributed by atoms with Crippen LogP contribution in [0.2, 0.25) is 0 Å². The summed E-state index contributed by atoms with van der Waals surface area (Å²) in [5.74, 6) is 0.555. The fourth-order valence-corrected chi connectivity index (χ4v) is 4.62. The standard InChI is InChI=1S/C16H24N4O2S/c1-11(21)20-13(8-18(2)3)6-12-7-19(5-4-15(12)20)16(22)14-9-23-10-17-14/h9-10,12-13,15H,4-8H2,1-3H3/t12-,13+,15+/m1/s1. The van der Waals surface area contributed by atoms with E-state index in [0.717, 1.165) is 25.9 Å². The topological polar surface area (TPSA) is 56.8 Å². The van der Waals surface area contributed by atoms with Crippen molar-refractivity contribution in [3.05, 3.63) is 16.6 Å². The summed E-state index contributed by atoms with van der Waals surface area (Å²) in [6, 6.07) is 0.531. The molecular weight excluding hydrogens is 312 g/mol. The fraction of sp³-hybridized carbons (Fsp3) is 0.688. The van der Waals surface area contributed by atoms with E-state index in [2.05, 4.69) is 14.8 Å². The third-order valence-corrected chi connectivity index (χ3v) is 5.48. The Morgan fingerprint density at radius 1 is 1.43 bits per heavy atom. The molecule has 0 saturated carbocycles. The van der Waals surface area contributed by atoms with E-state index in [1.54, 1.807) is 17.8 Å². The zero-order valence-corrected chi connectivity index (χ0v) is 14.8. The molecule has 0 N–H and O–H groups in total. The highest BCUT2D eigenvalue weighted by molar-refractivity contribution is 7.07. The average molecular weight is 336 g/mol. The van der Waals surface area contributed by atoms with Crippen molar-refractivity contribution in [3.8, 4) is 0 Å². The van der Waals surface area contributed by atoms with Gasteiger partial charge in [0.25, 0.3) is 5.91 Å². The summed E-state index contributed by atoms with van der Waals surface area (Å²) in [5.41, 5.74) is 2.24. The van der Waals surface area contributed by atoms with Gasteiger partial charge >= 0.3 is 0 Å². The minimum absolute atomic E-state index is 0.0233. The van der Waals surface area contributed by atoms with E-state index >= 15 is 0 Å². The number of aromatic nitrogens is 1. The lowest BCUT2D eigenvalue weighted by atomic mass is 9.92. The summed E-state index contributed by atoms with van der Waals surface area (Å²) < 4.78 is 0. The van der Waals surface area contributed by atoms with Crippen LogP contribution in [0, 0.1) is 5.92 Å². The molecule has 23 heavy (non-hydrogen) atoms. The molecule has 0 spiro atoms. The van der Waals surface area contributed by atoms with Crippen molar-refractivity contribution in [2.75, 3.05) is 33.7 Å². The zero-order chi connectivity index (χ0) is 16.6. The van der Waals surface area contributed by atoms with E-state index in [-0.39, 0.29) is 23.9 Å². The molecular formula is C16H24N4O2S. The maximum Gasteiger partial charge on any atom is 0.273 e. The number of likely N-dealkylation sites (N-methyl/N-ethyl adjacent to an activating group) is 1. The number of piperidine rings is 1. The van der Waals surface area contributed by atoms with Crippen LogP contribution in [0.3, 0.4) is 0 Å². The summed E-state index contributed by atoms with van der Waals surface area (Å²) in [6.45, 7) is 3.98. The summed E-state index contributed by atoms with van der Waals surface area (Å²) in [5, 5.41) is 1.81. The molecule has 0 aromatic carbocycles. The van der Waals surface area contributed by atoms with Crippen LogP contribution in [0.5, 0.6) is 0 Å². The summed E-state index contributed by atoms with van der Waals surface area (Å²) in [7, 11) is 4.08. The first-order valence-electron chi connectivity index (χ1n) is 8.08. The molecule has 7 heteroatoms. The Kier molecular flexibility index (Phi) is 4.68. The van der Waals surface area contributed by atoms with Crippen LogP contribution in [-0.2, 0) is 4.79 Å². The van der Waals surface area contributed by atoms with E-state index in [0.29, 0.717) is 18.2 Å². The minimum atomic E-state index is 0.0233. The first-order chi connectivity index (χ1) is 11.0. The van der Waals surface area contributed by atoms with Crippen molar-refractivity contribution in [1.82, 2.24) is 19.7 Å². The minimum Gasteiger partial charge on any atom is -0.337 e. The molecule has 3 heterocycles. The normalized spacial score (nSPS) is 27.4. The third-order valence-electron chi connectivity index (χ3n) is 4.90. The molecule has 0 aliphatic carbocycles. The van der Waals surface area contributed by atoms with E-state index in [1.165, 1.54) is 11.3 Å². The predicted octanol–water partition coefficient (Wildman–Crippen LogP) is 1.16. The van der Waals surface area contributed by atoms with E-state index < -0.39 is 0 Å². The van der Waals surface area contributed by atoms with Gasteiger partial charge in [0.1, 0.15) is 5.69 Å². The molecule has 2 aliphatic rings. The Morgan fingerprint density at radius 3 is 2.83 bits per heavy atom. The number of hydrogen-bond acceptors (Lipinski definition) is 5. The number of likely N-dealkylation sites (tertiary alicyclic amines) is 2. The van der Waals surface area contributed by atoms with E-state index in [9.17, 15) is 9.59 Å². The Hall–Kier alpha value is -1.47. The second-order valence-electron chi connectivity index (χ2n) is 6.82. The largest absolute Gasteiger partial charge is 0.337 e. The van der Waals surface area contributed by atoms with Crippen LogP contribution in [0.1, 0.15) is 30.3 Å². The lowest BCUT2D eigenvalue weighted by Gasteiger charge is -2.38. The van der Waals surface area contributed by atoms with Crippen molar-refractivity contribution < 1.29 is 9.59 Å². The second-order valence-corrected chi connectivity index (χ2v) is 7.54. The molecule has 1 aromatic heterocycles. The molecule has 2 amide bonds. The first kappa shape index (κ1) is 16.4. The number of carbonyl (C=O) groups excluding carboxylic acids is 2. The van der Waals surface area contributed by atoms with Crippen molar-refractivity contribution >= 4 is 23.2 Å². The highest BCUT2D eigenvalue weighted by Crippen LogP contribution is 2.36. The van der Waals surface area contributed by atoms with Gasteiger partial charge < -0.3 is 14.7 Å². The van der Waals surface area contributed by atoms with Gasteiger partial charge in [-0.15, -0.1) is 11.3 Å². The van der Waals surface area contributed by atoms with Crippen LogP contribution < -0.4 is 0 Å². The smallest absolute Gasteiger partial charge is 0.273 e. The molecule has 0 unspecified atom stereocenters. The van der Waals surface area contributed by atoms with Crippen molar-refractivity contribution in [2.45, 2.75) is 31.8 Å². The first-order valence-corrected chi connectivity index (χ1v) is 9.02.